The molecule has 1 fully saturated rings. The number of aromatic hydroxyl groups is 1. The lowest BCUT2D eigenvalue weighted by atomic mass is 9.94. The number of phenolic OH excluding ortho intramolecular Hbond substituents is 1. The van der Waals surface area contributed by atoms with Gasteiger partial charge < -0.3 is 14.9 Å². The Balaban J connectivity index is 2.56. The molecule has 0 aromatic heterocycles. The Kier molecular flexibility index (Phi) is 2.07. The Labute approximate surface area is 87.1 Å². The van der Waals surface area contributed by atoms with Gasteiger partial charge in [-0.3, -0.25) is 4.79 Å². The minimum Gasteiger partial charge on any atom is -0.507 e. The topological polar surface area (TPSA) is 66.8 Å². The van der Waals surface area contributed by atoms with Crippen LogP contribution in [0.5, 0.6) is 11.5 Å². The SMILES string of the molecule is COc1cccc(O)c1C1(C(=O)O)CC1. The van der Waals surface area contributed by atoms with Crippen molar-refractivity contribution in [2.24, 2.45) is 0 Å². The van der Waals surface area contributed by atoms with Crippen molar-refractivity contribution < 1.29 is 19.7 Å². The Morgan fingerprint density at radius 1 is 1.47 bits per heavy atom. The molecule has 0 saturated heterocycles. The van der Waals surface area contributed by atoms with Crippen LogP contribution in [0.3, 0.4) is 0 Å². The molecule has 0 spiro atoms. The number of hydrogen-bond donors (Lipinski definition) is 2. The molecule has 0 radical (unpaired) electrons. The van der Waals surface area contributed by atoms with E-state index >= 15 is 0 Å². The lowest BCUT2D eigenvalue weighted by Crippen LogP contribution is -2.20. The van der Waals surface area contributed by atoms with E-state index in [1.807, 2.05) is 0 Å². The first-order valence-electron chi connectivity index (χ1n) is 4.71. The van der Waals surface area contributed by atoms with Gasteiger partial charge in [-0.1, -0.05) is 6.07 Å². The molecule has 0 aliphatic heterocycles. The summed E-state index contributed by atoms with van der Waals surface area (Å²) in [5, 5.41) is 18.8. The molecular formula is C11H12O4. The minimum absolute atomic E-state index is 0.00532. The quantitative estimate of drug-likeness (QED) is 0.790. The van der Waals surface area contributed by atoms with Crippen molar-refractivity contribution in [2.45, 2.75) is 18.3 Å². The first kappa shape index (κ1) is 9.83. The Morgan fingerprint density at radius 2 is 2.13 bits per heavy atom. The molecule has 1 aromatic rings. The number of aliphatic carboxylic acids is 1. The third-order valence-corrected chi connectivity index (χ3v) is 2.86. The molecule has 0 bridgehead atoms. The van der Waals surface area contributed by atoms with E-state index in [2.05, 4.69) is 0 Å². The Hall–Kier alpha value is -1.71. The summed E-state index contributed by atoms with van der Waals surface area (Å²) in [7, 11) is 1.47. The molecule has 0 amide bonds. The standard InChI is InChI=1S/C11H12O4/c1-15-8-4-2-3-7(12)9(8)11(5-6-11)10(13)14/h2-4,12H,5-6H2,1H3,(H,13,14). The van der Waals surface area contributed by atoms with Gasteiger partial charge in [-0.2, -0.15) is 0 Å². The van der Waals surface area contributed by atoms with Gasteiger partial charge in [0.15, 0.2) is 0 Å². The summed E-state index contributed by atoms with van der Waals surface area (Å²) in [5.41, 5.74) is -0.531. The van der Waals surface area contributed by atoms with Gasteiger partial charge in [0.1, 0.15) is 16.9 Å². The van der Waals surface area contributed by atoms with E-state index in [0.29, 0.717) is 24.2 Å². The van der Waals surface area contributed by atoms with E-state index < -0.39 is 11.4 Å². The second-order valence-corrected chi connectivity index (χ2v) is 3.74. The second kappa shape index (κ2) is 3.15. The fraction of sp³-hybridized carbons (Fsp3) is 0.364. The third kappa shape index (κ3) is 1.33. The van der Waals surface area contributed by atoms with Crippen LogP contribution in [0.25, 0.3) is 0 Å². The van der Waals surface area contributed by atoms with Crippen molar-refractivity contribution in [3.63, 3.8) is 0 Å². The first-order chi connectivity index (χ1) is 7.12. The number of benzene rings is 1. The molecule has 1 aromatic carbocycles. The Morgan fingerprint density at radius 3 is 2.60 bits per heavy atom. The molecule has 0 heterocycles. The van der Waals surface area contributed by atoms with Gasteiger partial charge in [0.2, 0.25) is 0 Å². The maximum Gasteiger partial charge on any atom is 0.314 e. The molecule has 1 aliphatic carbocycles. The largest absolute Gasteiger partial charge is 0.507 e. The summed E-state index contributed by atoms with van der Waals surface area (Å²) in [5.74, 6) is -0.466. The highest BCUT2D eigenvalue weighted by Crippen LogP contribution is 2.54. The lowest BCUT2D eigenvalue weighted by molar-refractivity contribution is -0.140. The maximum absolute atomic E-state index is 11.1. The van der Waals surface area contributed by atoms with E-state index in [0.717, 1.165) is 0 Å². The molecule has 2 rings (SSSR count). The van der Waals surface area contributed by atoms with E-state index in [1.54, 1.807) is 12.1 Å². The van der Waals surface area contributed by atoms with Crippen LogP contribution in [0.15, 0.2) is 18.2 Å². The zero-order valence-electron chi connectivity index (χ0n) is 8.36. The van der Waals surface area contributed by atoms with Crippen LogP contribution in [-0.2, 0) is 10.2 Å². The summed E-state index contributed by atoms with van der Waals surface area (Å²) in [4.78, 5) is 11.1. The van der Waals surface area contributed by atoms with Crippen molar-refractivity contribution in [1.82, 2.24) is 0 Å². The van der Waals surface area contributed by atoms with Crippen LogP contribution >= 0.6 is 0 Å². The number of ether oxygens (including phenoxy) is 1. The maximum atomic E-state index is 11.1. The minimum atomic E-state index is -0.934. The molecule has 1 saturated carbocycles. The van der Waals surface area contributed by atoms with Crippen LogP contribution in [-0.4, -0.2) is 23.3 Å². The van der Waals surface area contributed by atoms with Gasteiger partial charge in [-0.05, 0) is 25.0 Å². The molecule has 0 atom stereocenters. The van der Waals surface area contributed by atoms with Crippen molar-refractivity contribution in [1.29, 1.82) is 0 Å². The highest BCUT2D eigenvalue weighted by molar-refractivity contribution is 5.87. The molecule has 15 heavy (non-hydrogen) atoms. The van der Waals surface area contributed by atoms with Gasteiger partial charge >= 0.3 is 5.97 Å². The first-order valence-corrected chi connectivity index (χ1v) is 4.71. The highest BCUT2D eigenvalue weighted by Gasteiger charge is 2.54. The van der Waals surface area contributed by atoms with E-state index in [4.69, 9.17) is 9.84 Å². The smallest absolute Gasteiger partial charge is 0.314 e. The molecule has 1 aliphatic rings. The lowest BCUT2D eigenvalue weighted by Gasteiger charge is -2.15. The van der Waals surface area contributed by atoms with Crippen molar-refractivity contribution in [2.75, 3.05) is 7.11 Å². The fourth-order valence-corrected chi connectivity index (χ4v) is 1.87. The monoisotopic (exact) mass is 208 g/mol. The van der Waals surface area contributed by atoms with Crippen LogP contribution in [0, 0.1) is 0 Å². The molecular weight excluding hydrogens is 196 g/mol. The van der Waals surface area contributed by atoms with Crippen LogP contribution < -0.4 is 4.74 Å². The molecule has 2 N–H and O–H groups in total. The normalized spacial score (nSPS) is 17.1. The summed E-state index contributed by atoms with van der Waals surface area (Å²) in [6.45, 7) is 0. The number of carbonyl (C=O) groups is 1. The Bertz CT molecular complexity index is 407. The third-order valence-electron chi connectivity index (χ3n) is 2.86. The van der Waals surface area contributed by atoms with Gasteiger partial charge in [-0.25, -0.2) is 0 Å². The summed E-state index contributed by atoms with van der Waals surface area (Å²) in [6, 6.07) is 4.79. The van der Waals surface area contributed by atoms with Gasteiger partial charge in [-0.15, -0.1) is 0 Å². The molecule has 4 heteroatoms. The zero-order chi connectivity index (χ0) is 11.1. The van der Waals surface area contributed by atoms with E-state index in [1.165, 1.54) is 13.2 Å². The summed E-state index contributed by atoms with van der Waals surface area (Å²) < 4.78 is 5.08. The number of phenols is 1. The predicted octanol–water partition coefficient (Wildman–Crippen LogP) is 1.52. The zero-order valence-corrected chi connectivity index (χ0v) is 8.36. The highest BCUT2D eigenvalue weighted by atomic mass is 16.5. The fourth-order valence-electron chi connectivity index (χ4n) is 1.87. The van der Waals surface area contributed by atoms with Gasteiger partial charge in [0.05, 0.1) is 12.7 Å². The van der Waals surface area contributed by atoms with Crippen molar-refractivity contribution in [3.8, 4) is 11.5 Å². The summed E-state index contributed by atoms with van der Waals surface area (Å²) in [6.07, 6.45) is 1.10. The molecule has 80 valence electrons. The summed E-state index contributed by atoms with van der Waals surface area (Å²) >= 11 is 0. The number of methoxy groups -OCH3 is 1. The van der Waals surface area contributed by atoms with Crippen LogP contribution in [0.4, 0.5) is 0 Å². The average molecular weight is 208 g/mol. The predicted molar refractivity (Wildman–Crippen MR) is 53.2 cm³/mol. The number of rotatable bonds is 3. The van der Waals surface area contributed by atoms with Crippen molar-refractivity contribution >= 4 is 5.97 Å². The van der Waals surface area contributed by atoms with Gasteiger partial charge in [0, 0.05) is 0 Å². The van der Waals surface area contributed by atoms with Crippen LogP contribution in [0.2, 0.25) is 0 Å². The van der Waals surface area contributed by atoms with E-state index in [9.17, 15) is 9.90 Å². The van der Waals surface area contributed by atoms with Crippen LogP contribution in [0.1, 0.15) is 18.4 Å². The molecule has 4 nitrogen and oxygen atoms in total. The number of carboxylic acid groups (broad SMARTS) is 1. The molecule has 0 unspecified atom stereocenters. The van der Waals surface area contributed by atoms with Gasteiger partial charge in [0.25, 0.3) is 0 Å². The van der Waals surface area contributed by atoms with Crippen molar-refractivity contribution in [3.05, 3.63) is 23.8 Å². The number of hydrogen-bond acceptors (Lipinski definition) is 3. The van der Waals surface area contributed by atoms with E-state index in [-0.39, 0.29) is 5.75 Å². The number of carboxylic acids is 1. The average Bonchev–Trinajstić information content (AvgIpc) is 2.98. The second-order valence-electron chi connectivity index (χ2n) is 3.74.